The molecule has 2 heterocycles. The summed E-state index contributed by atoms with van der Waals surface area (Å²) in [6.45, 7) is 5.35. The number of aromatic nitrogens is 1. The third kappa shape index (κ3) is 4.76. The summed E-state index contributed by atoms with van der Waals surface area (Å²) in [6, 6.07) is 4.04. The summed E-state index contributed by atoms with van der Waals surface area (Å²) >= 11 is 6.26. The molecule has 0 amide bonds. The fourth-order valence-electron chi connectivity index (χ4n) is 3.63. The molecule has 1 saturated carbocycles. The predicted molar refractivity (Wildman–Crippen MR) is 102 cm³/mol. The maximum Gasteiger partial charge on any atom is 0.191 e. The smallest absolute Gasteiger partial charge is 0.191 e. The third-order valence-corrected chi connectivity index (χ3v) is 5.31. The first-order valence-electron chi connectivity index (χ1n) is 9.25. The highest BCUT2D eigenvalue weighted by Crippen LogP contribution is 2.26. The van der Waals surface area contributed by atoms with Gasteiger partial charge in [-0.3, -0.25) is 4.99 Å². The lowest BCUT2D eigenvalue weighted by atomic mass is 10.1. The van der Waals surface area contributed by atoms with E-state index in [9.17, 15) is 5.11 Å². The Kier molecular flexibility index (Phi) is 6.37. The number of rotatable bonds is 5. The van der Waals surface area contributed by atoms with Gasteiger partial charge in [0.1, 0.15) is 5.82 Å². The second kappa shape index (κ2) is 8.72. The zero-order valence-electron chi connectivity index (χ0n) is 14.8. The van der Waals surface area contributed by atoms with Crippen LogP contribution in [-0.2, 0) is 0 Å². The molecule has 3 N–H and O–H groups in total. The van der Waals surface area contributed by atoms with Gasteiger partial charge in [0.05, 0.1) is 11.1 Å². The number of hydrogen-bond donors (Lipinski definition) is 3. The quantitative estimate of drug-likeness (QED) is 0.550. The third-order valence-electron chi connectivity index (χ3n) is 5.01. The molecule has 0 spiro atoms. The Morgan fingerprint density at radius 2 is 2.32 bits per heavy atom. The van der Waals surface area contributed by atoms with Crippen LogP contribution in [0.25, 0.3) is 0 Å². The highest BCUT2D eigenvalue weighted by molar-refractivity contribution is 6.32. The number of aliphatic hydroxyl groups is 1. The number of guanidine groups is 1. The Balaban J connectivity index is 1.56. The molecular formula is C18H28ClN5O. The molecule has 1 aliphatic heterocycles. The van der Waals surface area contributed by atoms with Crippen LogP contribution in [0, 0.1) is 5.92 Å². The first-order valence-corrected chi connectivity index (χ1v) is 9.63. The van der Waals surface area contributed by atoms with Crippen LogP contribution >= 0.6 is 11.6 Å². The van der Waals surface area contributed by atoms with E-state index in [0.29, 0.717) is 23.5 Å². The summed E-state index contributed by atoms with van der Waals surface area (Å²) in [5.74, 6) is 1.98. The van der Waals surface area contributed by atoms with Crippen LogP contribution < -0.4 is 15.5 Å². The summed E-state index contributed by atoms with van der Waals surface area (Å²) in [6.07, 6.45) is 5.68. The average Bonchev–Trinajstić information content (AvgIpc) is 3.22. The molecule has 2 aliphatic rings. The Morgan fingerprint density at radius 3 is 3.04 bits per heavy atom. The molecule has 2 fully saturated rings. The Bertz CT molecular complexity index is 597. The van der Waals surface area contributed by atoms with Gasteiger partial charge in [0.25, 0.3) is 0 Å². The SMILES string of the molecule is CCNC(=NCC1CCCC1O)NC1CCN(c2ncccc2Cl)C1. The molecule has 3 rings (SSSR count). The van der Waals surface area contributed by atoms with Crippen LogP contribution in [0.4, 0.5) is 5.82 Å². The van der Waals surface area contributed by atoms with Crippen LogP contribution in [-0.4, -0.2) is 54.4 Å². The van der Waals surface area contributed by atoms with Crippen molar-refractivity contribution in [3.63, 3.8) is 0 Å². The van der Waals surface area contributed by atoms with Gasteiger partial charge in [-0.2, -0.15) is 0 Å². The average molecular weight is 366 g/mol. The predicted octanol–water partition coefficient (Wildman–Crippen LogP) is 2.03. The summed E-state index contributed by atoms with van der Waals surface area (Å²) in [4.78, 5) is 11.3. The summed E-state index contributed by atoms with van der Waals surface area (Å²) < 4.78 is 0. The molecule has 1 aliphatic carbocycles. The van der Waals surface area contributed by atoms with Crippen molar-refractivity contribution in [2.75, 3.05) is 31.1 Å². The first-order chi connectivity index (χ1) is 12.2. The minimum absolute atomic E-state index is 0.195. The minimum atomic E-state index is -0.195. The minimum Gasteiger partial charge on any atom is -0.393 e. The van der Waals surface area contributed by atoms with Gasteiger partial charge in [0.2, 0.25) is 0 Å². The standard InChI is InChI=1S/C18H28ClN5O/c1-2-20-18(22-11-13-5-3-7-16(13)25)23-14-8-10-24(12-14)17-15(19)6-4-9-21-17/h4,6,9,13-14,16,25H,2-3,5,7-8,10-12H2,1H3,(H2,20,22,23). The highest BCUT2D eigenvalue weighted by atomic mass is 35.5. The summed E-state index contributed by atoms with van der Waals surface area (Å²) in [7, 11) is 0. The molecule has 0 bridgehead atoms. The number of pyridine rings is 1. The van der Waals surface area contributed by atoms with E-state index in [-0.39, 0.29) is 6.10 Å². The number of halogens is 1. The maximum atomic E-state index is 9.97. The van der Waals surface area contributed by atoms with Crippen LogP contribution in [0.15, 0.2) is 23.3 Å². The van der Waals surface area contributed by atoms with E-state index in [2.05, 4.69) is 27.4 Å². The number of nitrogens with zero attached hydrogens (tertiary/aromatic N) is 3. The molecule has 3 atom stereocenters. The van der Waals surface area contributed by atoms with E-state index < -0.39 is 0 Å². The van der Waals surface area contributed by atoms with Gasteiger partial charge in [-0.15, -0.1) is 0 Å². The summed E-state index contributed by atoms with van der Waals surface area (Å²) in [5.41, 5.74) is 0. The molecule has 0 radical (unpaired) electrons. The Morgan fingerprint density at radius 1 is 1.44 bits per heavy atom. The van der Waals surface area contributed by atoms with Crippen molar-refractivity contribution in [3.05, 3.63) is 23.4 Å². The highest BCUT2D eigenvalue weighted by Gasteiger charge is 2.27. The number of hydrogen-bond acceptors (Lipinski definition) is 4. The van der Waals surface area contributed by atoms with E-state index in [1.165, 1.54) is 0 Å². The fourth-order valence-corrected chi connectivity index (χ4v) is 3.87. The van der Waals surface area contributed by atoms with Crippen molar-refractivity contribution in [1.82, 2.24) is 15.6 Å². The molecule has 3 unspecified atom stereocenters. The lowest BCUT2D eigenvalue weighted by molar-refractivity contribution is 0.136. The zero-order valence-corrected chi connectivity index (χ0v) is 15.5. The molecule has 1 saturated heterocycles. The fraction of sp³-hybridized carbons (Fsp3) is 0.667. The van der Waals surface area contributed by atoms with Gasteiger partial charge in [0.15, 0.2) is 5.96 Å². The molecule has 138 valence electrons. The second-order valence-electron chi connectivity index (χ2n) is 6.86. The van der Waals surface area contributed by atoms with Gasteiger partial charge in [-0.05, 0) is 38.3 Å². The molecule has 6 nitrogen and oxygen atoms in total. The van der Waals surface area contributed by atoms with Crippen LogP contribution in [0.2, 0.25) is 5.02 Å². The Hall–Kier alpha value is -1.53. The van der Waals surface area contributed by atoms with Crippen molar-refractivity contribution < 1.29 is 5.11 Å². The number of anilines is 1. The van der Waals surface area contributed by atoms with Crippen molar-refractivity contribution in [2.45, 2.75) is 44.8 Å². The second-order valence-corrected chi connectivity index (χ2v) is 7.27. The maximum absolute atomic E-state index is 9.97. The van der Waals surface area contributed by atoms with Gasteiger partial charge in [0, 0.05) is 44.3 Å². The van der Waals surface area contributed by atoms with Crippen molar-refractivity contribution >= 4 is 23.4 Å². The largest absolute Gasteiger partial charge is 0.393 e. The van der Waals surface area contributed by atoms with E-state index >= 15 is 0 Å². The number of aliphatic hydroxyl groups excluding tert-OH is 1. The van der Waals surface area contributed by atoms with E-state index in [4.69, 9.17) is 16.6 Å². The monoisotopic (exact) mass is 365 g/mol. The molecule has 25 heavy (non-hydrogen) atoms. The van der Waals surface area contributed by atoms with Gasteiger partial charge in [-0.25, -0.2) is 4.98 Å². The lowest BCUT2D eigenvalue weighted by Gasteiger charge is -2.20. The van der Waals surface area contributed by atoms with Crippen LogP contribution in [0.3, 0.4) is 0 Å². The van der Waals surface area contributed by atoms with E-state index in [0.717, 1.165) is 57.1 Å². The van der Waals surface area contributed by atoms with Crippen molar-refractivity contribution in [1.29, 1.82) is 0 Å². The van der Waals surface area contributed by atoms with Gasteiger partial charge >= 0.3 is 0 Å². The van der Waals surface area contributed by atoms with Crippen LogP contribution in [0.5, 0.6) is 0 Å². The molecule has 0 aromatic carbocycles. The van der Waals surface area contributed by atoms with E-state index in [1.54, 1.807) is 6.20 Å². The zero-order chi connectivity index (χ0) is 17.6. The first kappa shape index (κ1) is 18.3. The topological polar surface area (TPSA) is 72.8 Å². The molecule has 1 aromatic heterocycles. The van der Waals surface area contributed by atoms with Crippen molar-refractivity contribution in [3.8, 4) is 0 Å². The van der Waals surface area contributed by atoms with Gasteiger partial charge in [-0.1, -0.05) is 18.0 Å². The Labute approximate surface area is 154 Å². The summed E-state index contributed by atoms with van der Waals surface area (Å²) in [5, 5.41) is 17.5. The van der Waals surface area contributed by atoms with Gasteiger partial charge < -0.3 is 20.6 Å². The van der Waals surface area contributed by atoms with Crippen LogP contribution in [0.1, 0.15) is 32.6 Å². The lowest BCUT2D eigenvalue weighted by Crippen LogP contribution is -2.45. The molecule has 1 aromatic rings. The van der Waals surface area contributed by atoms with Crippen molar-refractivity contribution in [2.24, 2.45) is 10.9 Å². The molecule has 7 heteroatoms. The number of nitrogens with one attached hydrogen (secondary N) is 2. The normalized spacial score (nSPS) is 26.9. The van der Waals surface area contributed by atoms with E-state index in [1.807, 2.05) is 12.1 Å². The molecular weight excluding hydrogens is 338 g/mol. The number of aliphatic imine (C=N–C) groups is 1.